The van der Waals surface area contributed by atoms with Crippen LogP contribution in [0.5, 0.6) is 5.88 Å². The molecule has 1 heterocycles. The maximum atomic E-state index is 11.9. The first kappa shape index (κ1) is 24.7. The standard InChI is InChI=1S/C25H23Cl2N5O3/c1-15-11-19(20(13-28)16-7-9-17(26)10-8-16)21(27)12-22(15)31-24-23(32(33)34)25(30-14-29-24)35-18-5-3-2-4-6-18/h7-12,14,18,20H,2-6H2,1H3,(H,29,30,31). The van der Waals surface area contributed by atoms with Gasteiger partial charge < -0.3 is 10.1 Å². The number of hydrogen-bond donors (Lipinski definition) is 1. The normalized spacial score (nSPS) is 14.7. The predicted molar refractivity (Wildman–Crippen MR) is 135 cm³/mol. The van der Waals surface area contributed by atoms with Crippen LogP contribution in [0.2, 0.25) is 10.0 Å². The number of nitriles is 1. The van der Waals surface area contributed by atoms with Gasteiger partial charge in [0.15, 0.2) is 0 Å². The minimum atomic E-state index is -0.601. The van der Waals surface area contributed by atoms with E-state index in [0.29, 0.717) is 21.3 Å². The van der Waals surface area contributed by atoms with Crippen molar-refractivity contribution in [3.05, 3.63) is 79.6 Å². The molecule has 0 amide bonds. The van der Waals surface area contributed by atoms with Crippen LogP contribution < -0.4 is 10.1 Å². The Bertz CT molecular complexity index is 1270. The van der Waals surface area contributed by atoms with E-state index < -0.39 is 10.8 Å². The summed E-state index contributed by atoms with van der Waals surface area (Å²) in [5, 5.41) is 25.7. The SMILES string of the molecule is Cc1cc(C(C#N)c2ccc(Cl)cc2)c(Cl)cc1Nc1ncnc(OC2CCCCC2)c1[N+](=O)[O-]. The van der Waals surface area contributed by atoms with Crippen molar-refractivity contribution in [1.82, 2.24) is 9.97 Å². The number of aryl methyl sites for hydroxylation is 1. The molecule has 35 heavy (non-hydrogen) atoms. The molecular formula is C25H23Cl2N5O3. The Labute approximate surface area is 213 Å². The Hall–Kier alpha value is -3.41. The number of nitro groups is 1. The van der Waals surface area contributed by atoms with E-state index in [-0.39, 0.29) is 23.5 Å². The number of benzene rings is 2. The molecule has 180 valence electrons. The van der Waals surface area contributed by atoms with Gasteiger partial charge in [-0.1, -0.05) is 47.8 Å². The highest BCUT2D eigenvalue weighted by molar-refractivity contribution is 6.32. The summed E-state index contributed by atoms with van der Waals surface area (Å²) in [7, 11) is 0. The van der Waals surface area contributed by atoms with E-state index in [0.717, 1.165) is 43.2 Å². The van der Waals surface area contributed by atoms with Crippen LogP contribution in [0.3, 0.4) is 0 Å². The van der Waals surface area contributed by atoms with Gasteiger partial charge in [0.1, 0.15) is 12.4 Å². The fraction of sp³-hybridized carbons (Fsp3) is 0.320. The van der Waals surface area contributed by atoms with Gasteiger partial charge >= 0.3 is 5.69 Å². The smallest absolute Gasteiger partial charge is 0.373 e. The Kier molecular flexibility index (Phi) is 7.69. The zero-order valence-corrected chi connectivity index (χ0v) is 20.5. The summed E-state index contributed by atoms with van der Waals surface area (Å²) < 4.78 is 5.90. The first-order valence-electron chi connectivity index (χ1n) is 11.3. The fourth-order valence-corrected chi connectivity index (χ4v) is 4.61. The van der Waals surface area contributed by atoms with Crippen LogP contribution in [0.25, 0.3) is 0 Å². The van der Waals surface area contributed by atoms with Crippen molar-refractivity contribution in [1.29, 1.82) is 5.26 Å². The molecule has 0 radical (unpaired) electrons. The summed E-state index contributed by atoms with van der Waals surface area (Å²) >= 11 is 12.6. The van der Waals surface area contributed by atoms with E-state index in [4.69, 9.17) is 27.9 Å². The molecule has 10 heteroatoms. The fourth-order valence-electron chi connectivity index (χ4n) is 4.21. The Morgan fingerprint density at radius 1 is 1.17 bits per heavy atom. The molecule has 1 aliphatic rings. The van der Waals surface area contributed by atoms with Gasteiger partial charge in [0, 0.05) is 15.7 Å². The highest BCUT2D eigenvalue weighted by atomic mass is 35.5. The van der Waals surface area contributed by atoms with Gasteiger partial charge in [-0.25, -0.2) is 4.98 Å². The second kappa shape index (κ2) is 10.9. The Balaban J connectivity index is 1.65. The molecule has 1 atom stereocenters. The average Bonchev–Trinajstić information content (AvgIpc) is 2.84. The van der Waals surface area contributed by atoms with Crippen molar-refractivity contribution in [2.24, 2.45) is 0 Å². The molecule has 0 bridgehead atoms. The minimum absolute atomic E-state index is 0.0114. The maximum absolute atomic E-state index is 11.9. The summed E-state index contributed by atoms with van der Waals surface area (Å²) in [6.45, 7) is 1.82. The minimum Gasteiger partial charge on any atom is -0.469 e. The first-order chi connectivity index (χ1) is 16.9. The summed E-state index contributed by atoms with van der Waals surface area (Å²) in [5.41, 5.74) is 2.32. The number of ether oxygens (including phenoxy) is 1. The van der Waals surface area contributed by atoms with E-state index in [1.165, 1.54) is 6.33 Å². The third-order valence-corrected chi connectivity index (χ3v) is 6.62. The van der Waals surface area contributed by atoms with Crippen LogP contribution in [0.1, 0.15) is 54.7 Å². The zero-order valence-electron chi connectivity index (χ0n) is 19.0. The van der Waals surface area contributed by atoms with Crippen LogP contribution in [-0.2, 0) is 0 Å². The molecule has 1 fully saturated rings. The largest absolute Gasteiger partial charge is 0.469 e. The number of aromatic nitrogens is 2. The van der Waals surface area contributed by atoms with Crippen molar-refractivity contribution in [3.63, 3.8) is 0 Å². The Morgan fingerprint density at radius 3 is 2.54 bits per heavy atom. The molecule has 3 aromatic rings. The molecule has 1 N–H and O–H groups in total. The van der Waals surface area contributed by atoms with Crippen LogP contribution in [0.15, 0.2) is 42.7 Å². The van der Waals surface area contributed by atoms with Gasteiger partial charge in [-0.15, -0.1) is 0 Å². The predicted octanol–water partition coefficient (Wildman–Crippen LogP) is 7.11. The quantitative estimate of drug-likeness (QED) is 0.265. The molecule has 1 aliphatic carbocycles. The molecule has 0 aliphatic heterocycles. The second-order valence-corrected chi connectivity index (χ2v) is 9.28. The summed E-state index contributed by atoms with van der Waals surface area (Å²) in [6, 6.07) is 12.7. The molecule has 2 aromatic carbocycles. The highest BCUT2D eigenvalue weighted by Gasteiger charge is 2.28. The molecule has 0 spiro atoms. The monoisotopic (exact) mass is 511 g/mol. The highest BCUT2D eigenvalue weighted by Crippen LogP contribution is 2.38. The topological polar surface area (TPSA) is 114 Å². The average molecular weight is 512 g/mol. The summed E-state index contributed by atoms with van der Waals surface area (Å²) in [6.07, 6.45) is 6.01. The van der Waals surface area contributed by atoms with Gasteiger partial charge in [-0.05, 0) is 67.5 Å². The summed E-state index contributed by atoms with van der Waals surface area (Å²) in [4.78, 5) is 19.5. The zero-order chi connectivity index (χ0) is 24.9. The van der Waals surface area contributed by atoms with Crippen molar-refractivity contribution in [2.75, 3.05) is 5.32 Å². The van der Waals surface area contributed by atoms with Gasteiger partial charge in [-0.2, -0.15) is 10.2 Å². The molecule has 0 saturated heterocycles. The van der Waals surface area contributed by atoms with Crippen LogP contribution >= 0.6 is 23.2 Å². The van der Waals surface area contributed by atoms with Gasteiger partial charge in [0.05, 0.1) is 16.9 Å². The van der Waals surface area contributed by atoms with Crippen LogP contribution in [-0.4, -0.2) is 21.0 Å². The van der Waals surface area contributed by atoms with E-state index in [9.17, 15) is 15.4 Å². The van der Waals surface area contributed by atoms with Crippen LogP contribution in [0.4, 0.5) is 17.2 Å². The van der Waals surface area contributed by atoms with E-state index in [1.54, 1.807) is 36.4 Å². The van der Waals surface area contributed by atoms with Crippen molar-refractivity contribution < 1.29 is 9.66 Å². The Morgan fingerprint density at radius 2 is 1.89 bits per heavy atom. The number of rotatable bonds is 7. The van der Waals surface area contributed by atoms with Gasteiger partial charge in [-0.3, -0.25) is 10.1 Å². The van der Waals surface area contributed by atoms with E-state index in [1.807, 2.05) is 6.92 Å². The number of nitrogens with zero attached hydrogens (tertiary/aromatic N) is 4. The lowest BCUT2D eigenvalue weighted by Crippen LogP contribution is -2.21. The second-order valence-electron chi connectivity index (χ2n) is 8.44. The third kappa shape index (κ3) is 5.64. The van der Waals surface area contributed by atoms with Crippen molar-refractivity contribution in [2.45, 2.75) is 51.0 Å². The van der Waals surface area contributed by atoms with Gasteiger partial charge in [0.2, 0.25) is 5.82 Å². The lowest BCUT2D eigenvalue weighted by Gasteiger charge is -2.22. The molecular weight excluding hydrogens is 489 g/mol. The van der Waals surface area contributed by atoms with E-state index >= 15 is 0 Å². The number of nitrogens with one attached hydrogen (secondary N) is 1. The van der Waals surface area contributed by atoms with Crippen LogP contribution in [0, 0.1) is 28.4 Å². The van der Waals surface area contributed by atoms with Crippen molar-refractivity contribution >= 4 is 40.4 Å². The van der Waals surface area contributed by atoms with Crippen molar-refractivity contribution in [3.8, 4) is 11.9 Å². The third-order valence-electron chi connectivity index (χ3n) is 6.04. The summed E-state index contributed by atoms with van der Waals surface area (Å²) in [5.74, 6) is -0.638. The van der Waals surface area contributed by atoms with Gasteiger partial charge in [0.25, 0.3) is 5.88 Å². The number of anilines is 2. The molecule has 1 aromatic heterocycles. The maximum Gasteiger partial charge on any atom is 0.373 e. The number of halogens is 2. The molecule has 4 rings (SSSR count). The lowest BCUT2D eigenvalue weighted by atomic mass is 9.91. The lowest BCUT2D eigenvalue weighted by molar-refractivity contribution is -0.385. The molecule has 1 saturated carbocycles. The van der Waals surface area contributed by atoms with E-state index in [2.05, 4.69) is 21.4 Å². The molecule has 1 unspecified atom stereocenters. The number of hydrogen-bond acceptors (Lipinski definition) is 7. The molecule has 8 nitrogen and oxygen atoms in total. The first-order valence-corrected chi connectivity index (χ1v) is 12.0.